The Morgan fingerprint density at radius 3 is 1.56 bits per heavy atom. The third kappa shape index (κ3) is 8.65. The summed E-state index contributed by atoms with van der Waals surface area (Å²) >= 11 is 3.42. The summed E-state index contributed by atoms with van der Waals surface area (Å²) in [5.41, 5.74) is 4.15. The first-order valence-corrected chi connectivity index (χ1v) is 19.5. The van der Waals surface area contributed by atoms with E-state index in [0.717, 1.165) is 87.1 Å². The Hall–Kier alpha value is -4.28. The molecule has 0 radical (unpaired) electrons. The van der Waals surface area contributed by atoms with E-state index in [0.29, 0.717) is 47.2 Å². The van der Waals surface area contributed by atoms with Crippen molar-refractivity contribution in [2.75, 3.05) is 86.1 Å². The van der Waals surface area contributed by atoms with Gasteiger partial charge < -0.3 is 39.0 Å². The molecule has 14 nitrogen and oxygen atoms in total. The summed E-state index contributed by atoms with van der Waals surface area (Å²) in [6.07, 6.45) is 7.33. The minimum absolute atomic E-state index is 0.0591. The van der Waals surface area contributed by atoms with Gasteiger partial charge in [-0.1, -0.05) is 0 Å². The van der Waals surface area contributed by atoms with Crippen LogP contribution in [0.25, 0.3) is 0 Å². The molecule has 0 aliphatic carbocycles. The SMILES string of the molecule is C[C@H]1CN(C2COC2)CCN1c1ccc(Nc2cc(Br)cn(C)c2=O)nc1.Cc1cc(Nc2ccc(N3CCN(C4COC4)C[C@@H]3C)cn2)c(=O)n(C)c1. The van der Waals surface area contributed by atoms with Crippen LogP contribution in [0, 0.1) is 6.92 Å². The standard InChI is InChI=1S/C20H27N5O2.C19H24BrN5O2/c1-14-8-18(20(26)23(3)10-14)22-19-5-4-16(9-21-19)25-7-6-24(11-15(25)2)17-12-27-13-17;1-13-9-24(16-11-27-12-16)5-6-25(13)15-3-4-18(21-8-15)22-17-7-14(20)10-23(2)19(17)26/h4-5,8-10,15,17H,6-7,11-13H2,1-3H3,(H,21,22);3-4,7-8,10,13,16H,5-6,9,11-12H2,1-2H3,(H,21,22)/t15-;13-/m00/s1. The van der Waals surface area contributed by atoms with Gasteiger partial charge in [-0.3, -0.25) is 19.4 Å². The van der Waals surface area contributed by atoms with Crippen molar-refractivity contribution in [2.45, 2.75) is 44.9 Å². The molecule has 0 bridgehead atoms. The first-order valence-electron chi connectivity index (χ1n) is 18.7. The highest BCUT2D eigenvalue weighted by Crippen LogP contribution is 2.26. The number of hydrogen-bond donors (Lipinski definition) is 2. The fraction of sp³-hybridized carbons (Fsp3) is 0.487. The third-order valence-corrected chi connectivity index (χ3v) is 11.2. The van der Waals surface area contributed by atoms with E-state index in [1.54, 1.807) is 30.9 Å². The number of nitrogens with zero attached hydrogens (tertiary/aromatic N) is 8. The molecule has 0 unspecified atom stereocenters. The van der Waals surface area contributed by atoms with Gasteiger partial charge in [-0.25, -0.2) is 9.97 Å². The summed E-state index contributed by atoms with van der Waals surface area (Å²) < 4.78 is 14.6. The Bertz CT molecular complexity index is 1870. The van der Waals surface area contributed by atoms with E-state index in [2.05, 4.69) is 82.1 Å². The predicted molar refractivity (Wildman–Crippen MR) is 217 cm³/mol. The average molecular weight is 804 g/mol. The van der Waals surface area contributed by atoms with E-state index in [1.165, 1.54) is 4.57 Å². The van der Waals surface area contributed by atoms with Crippen LogP contribution in [0.5, 0.6) is 0 Å². The predicted octanol–water partition coefficient (Wildman–Crippen LogP) is 3.94. The molecule has 4 aliphatic heterocycles. The normalized spacial score (nSPS) is 21.1. The largest absolute Gasteiger partial charge is 0.378 e. The summed E-state index contributed by atoms with van der Waals surface area (Å²) in [5, 5.41) is 6.26. The van der Waals surface area contributed by atoms with Crippen molar-refractivity contribution in [3.63, 3.8) is 0 Å². The summed E-state index contributed by atoms with van der Waals surface area (Å²) in [5.74, 6) is 1.34. The van der Waals surface area contributed by atoms with Crippen molar-refractivity contribution in [1.82, 2.24) is 28.9 Å². The quantitative estimate of drug-likeness (QED) is 0.268. The second-order valence-corrected chi connectivity index (χ2v) is 15.8. The van der Waals surface area contributed by atoms with Crippen LogP contribution in [0.2, 0.25) is 0 Å². The third-order valence-electron chi connectivity index (χ3n) is 10.7. The highest BCUT2D eigenvalue weighted by Gasteiger charge is 2.33. The smallest absolute Gasteiger partial charge is 0.274 e. The number of rotatable bonds is 8. The summed E-state index contributed by atoms with van der Waals surface area (Å²) in [4.78, 5) is 43.4. The molecule has 4 saturated heterocycles. The van der Waals surface area contributed by atoms with Gasteiger partial charge in [0.25, 0.3) is 11.1 Å². The molecule has 4 aromatic heterocycles. The number of anilines is 6. The minimum atomic E-state index is -0.0891. The second kappa shape index (κ2) is 16.6. The van der Waals surface area contributed by atoms with Crippen LogP contribution in [0.15, 0.2) is 75.2 Å². The lowest BCUT2D eigenvalue weighted by atomic mass is 10.1. The lowest BCUT2D eigenvalue weighted by Gasteiger charge is -2.46. The van der Waals surface area contributed by atoms with Crippen LogP contribution >= 0.6 is 15.9 Å². The molecule has 4 fully saturated rings. The maximum atomic E-state index is 12.2. The maximum Gasteiger partial charge on any atom is 0.274 e. The molecule has 4 aliphatic rings. The Labute approximate surface area is 324 Å². The number of aryl methyl sites for hydroxylation is 3. The number of pyridine rings is 4. The van der Waals surface area contributed by atoms with Crippen molar-refractivity contribution in [3.05, 3.63) is 91.9 Å². The fourth-order valence-corrected chi connectivity index (χ4v) is 8.07. The van der Waals surface area contributed by atoms with Gasteiger partial charge in [0, 0.05) is 82.3 Å². The topological polar surface area (TPSA) is 125 Å². The van der Waals surface area contributed by atoms with Gasteiger partial charge in [-0.15, -0.1) is 0 Å². The van der Waals surface area contributed by atoms with Crippen LogP contribution < -0.4 is 31.6 Å². The zero-order valence-electron chi connectivity index (χ0n) is 31.7. The molecule has 54 heavy (non-hydrogen) atoms. The van der Waals surface area contributed by atoms with Gasteiger partial charge in [0.15, 0.2) is 0 Å². The van der Waals surface area contributed by atoms with Crippen LogP contribution in [0.3, 0.4) is 0 Å². The molecule has 0 spiro atoms. The van der Waals surface area contributed by atoms with Crippen LogP contribution in [-0.4, -0.2) is 119 Å². The Kier molecular flexibility index (Phi) is 11.7. The zero-order valence-corrected chi connectivity index (χ0v) is 33.3. The zero-order chi connectivity index (χ0) is 37.9. The number of halogens is 1. The number of piperazine rings is 2. The number of hydrogen-bond acceptors (Lipinski definition) is 12. The number of nitrogens with one attached hydrogen (secondary N) is 2. The van der Waals surface area contributed by atoms with E-state index in [4.69, 9.17) is 9.47 Å². The van der Waals surface area contributed by atoms with Crippen molar-refractivity contribution in [1.29, 1.82) is 0 Å². The van der Waals surface area contributed by atoms with Crippen molar-refractivity contribution in [2.24, 2.45) is 14.1 Å². The number of aromatic nitrogens is 4. The molecule has 4 aromatic rings. The van der Waals surface area contributed by atoms with E-state index in [-0.39, 0.29) is 11.1 Å². The molecule has 15 heteroatoms. The molecule has 288 valence electrons. The fourth-order valence-electron chi connectivity index (χ4n) is 7.54. The van der Waals surface area contributed by atoms with Crippen LogP contribution in [0.1, 0.15) is 19.4 Å². The Morgan fingerprint density at radius 1 is 0.685 bits per heavy atom. The first-order chi connectivity index (χ1) is 26.0. The van der Waals surface area contributed by atoms with Gasteiger partial charge >= 0.3 is 0 Å². The molecule has 8 heterocycles. The summed E-state index contributed by atoms with van der Waals surface area (Å²) in [7, 11) is 3.49. The van der Waals surface area contributed by atoms with Gasteiger partial charge in [0.05, 0.1) is 62.3 Å². The maximum absolute atomic E-state index is 12.2. The summed E-state index contributed by atoms with van der Waals surface area (Å²) in [6, 6.07) is 13.7. The monoisotopic (exact) mass is 802 g/mol. The van der Waals surface area contributed by atoms with Gasteiger partial charge in [0.1, 0.15) is 23.0 Å². The molecule has 2 N–H and O–H groups in total. The van der Waals surface area contributed by atoms with Crippen molar-refractivity contribution < 1.29 is 9.47 Å². The van der Waals surface area contributed by atoms with Gasteiger partial charge in [0.2, 0.25) is 0 Å². The van der Waals surface area contributed by atoms with Gasteiger partial charge in [-0.2, -0.15) is 0 Å². The highest BCUT2D eigenvalue weighted by molar-refractivity contribution is 9.10. The second-order valence-electron chi connectivity index (χ2n) is 14.8. The first kappa shape index (κ1) is 38.0. The Balaban J connectivity index is 0.000000167. The van der Waals surface area contributed by atoms with E-state index >= 15 is 0 Å². The van der Waals surface area contributed by atoms with Crippen molar-refractivity contribution in [3.8, 4) is 0 Å². The Morgan fingerprint density at radius 2 is 1.15 bits per heavy atom. The molecule has 0 aromatic carbocycles. The molecule has 2 atom stereocenters. The highest BCUT2D eigenvalue weighted by atomic mass is 79.9. The minimum Gasteiger partial charge on any atom is -0.378 e. The van der Waals surface area contributed by atoms with E-state index in [9.17, 15) is 9.59 Å². The number of ether oxygens (including phenoxy) is 2. The molecule has 8 rings (SSSR count). The van der Waals surface area contributed by atoms with Crippen molar-refractivity contribution >= 4 is 50.3 Å². The summed E-state index contributed by atoms with van der Waals surface area (Å²) in [6.45, 7) is 16.1. The molecule has 0 amide bonds. The van der Waals surface area contributed by atoms with Crippen LogP contribution in [-0.2, 0) is 23.6 Å². The lowest BCUT2D eigenvalue weighted by molar-refractivity contribution is -0.0691. The van der Waals surface area contributed by atoms with Gasteiger partial charge in [-0.05, 0) is 78.7 Å². The van der Waals surface area contributed by atoms with E-state index in [1.807, 2.05) is 43.7 Å². The van der Waals surface area contributed by atoms with E-state index < -0.39 is 0 Å². The molecular formula is C39H51BrN10O4. The average Bonchev–Trinajstić information content (AvgIpc) is 3.09. The van der Waals surface area contributed by atoms with Crippen LogP contribution in [0.4, 0.5) is 34.4 Å². The lowest BCUT2D eigenvalue weighted by Crippen LogP contribution is -2.59. The molecule has 0 saturated carbocycles. The molecular weight excluding hydrogens is 752 g/mol.